The van der Waals surface area contributed by atoms with Crippen molar-refractivity contribution in [2.24, 2.45) is 0 Å². The Morgan fingerprint density at radius 2 is 1.68 bits per heavy atom. The van der Waals surface area contributed by atoms with E-state index in [1.807, 2.05) is 68.4 Å². The van der Waals surface area contributed by atoms with Crippen LogP contribution in [-0.4, -0.2) is 24.1 Å². The first-order valence-corrected chi connectivity index (χ1v) is 9.38. The monoisotopic (exact) mass is 376 g/mol. The zero-order valence-corrected chi connectivity index (χ0v) is 16.1. The predicted molar refractivity (Wildman–Crippen MR) is 110 cm³/mol. The summed E-state index contributed by atoms with van der Waals surface area (Å²) in [6.45, 7) is 5.41. The van der Waals surface area contributed by atoms with Crippen LogP contribution in [0.4, 0.5) is 0 Å². The van der Waals surface area contributed by atoms with Crippen molar-refractivity contribution >= 4 is 5.91 Å². The van der Waals surface area contributed by atoms with Gasteiger partial charge in [-0.1, -0.05) is 24.3 Å². The Hall–Kier alpha value is -3.34. The number of carbonyl (C=O) groups excluding carboxylic acids is 1. The van der Waals surface area contributed by atoms with Gasteiger partial charge in [0.25, 0.3) is 5.91 Å². The molecular formula is C23H24N2O3. The number of benzene rings is 2. The van der Waals surface area contributed by atoms with Crippen molar-refractivity contribution in [3.63, 3.8) is 0 Å². The molecule has 0 aliphatic carbocycles. The van der Waals surface area contributed by atoms with E-state index in [9.17, 15) is 4.79 Å². The normalized spacial score (nSPS) is 10.4. The first-order valence-electron chi connectivity index (χ1n) is 9.38. The first kappa shape index (κ1) is 19.4. The summed E-state index contributed by atoms with van der Waals surface area (Å²) in [5.41, 5.74) is 3.61. The maximum Gasteiger partial charge on any atom is 0.251 e. The highest BCUT2D eigenvalue weighted by atomic mass is 16.5. The summed E-state index contributed by atoms with van der Waals surface area (Å²) in [5, 5.41) is 2.95. The van der Waals surface area contributed by atoms with Gasteiger partial charge in [0.2, 0.25) is 0 Å². The number of aromatic nitrogens is 1. The minimum absolute atomic E-state index is 0.121. The Morgan fingerprint density at radius 1 is 0.929 bits per heavy atom. The molecule has 3 rings (SSSR count). The number of carbonyl (C=O) groups is 1. The van der Waals surface area contributed by atoms with Gasteiger partial charge >= 0.3 is 0 Å². The van der Waals surface area contributed by atoms with Crippen LogP contribution in [-0.2, 0) is 6.54 Å². The van der Waals surface area contributed by atoms with E-state index in [1.165, 1.54) is 0 Å². The third-order valence-electron chi connectivity index (χ3n) is 4.20. The average Bonchev–Trinajstić information content (AvgIpc) is 2.75. The highest BCUT2D eigenvalue weighted by Crippen LogP contribution is 2.28. The molecule has 0 saturated heterocycles. The number of hydrogen-bond donors (Lipinski definition) is 1. The highest BCUT2D eigenvalue weighted by Gasteiger charge is 2.09. The fourth-order valence-corrected chi connectivity index (χ4v) is 2.84. The molecule has 144 valence electrons. The molecule has 0 aliphatic heterocycles. The second-order valence-electron chi connectivity index (χ2n) is 6.15. The molecule has 28 heavy (non-hydrogen) atoms. The zero-order valence-electron chi connectivity index (χ0n) is 16.1. The molecule has 0 radical (unpaired) electrons. The molecule has 5 nitrogen and oxygen atoms in total. The van der Waals surface area contributed by atoms with Gasteiger partial charge in [0.1, 0.15) is 0 Å². The molecular weight excluding hydrogens is 352 g/mol. The van der Waals surface area contributed by atoms with Crippen molar-refractivity contribution in [2.75, 3.05) is 13.2 Å². The van der Waals surface area contributed by atoms with Crippen LogP contribution in [0.25, 0.3) is 11.1 Å². The zero-order chi connectivity index (χ0) is 19.8. The van der Waals surface area contributed by atoms with E-state index >= 15 is 0 Å². The second kappa shape index (κ2) is 9.55. The van der Waals surface area contributed by atoms with E-state index in [0.717, 1.165) is 16.7 Å². The Labute approximate surface area is 165 Å². The van der Waals surface area contributed by atoms with Crippen LogP contribution < -0.4 is 14.8 Å². The Balaban J connectivity index is 1.64. The number of amides is 1. The van der Waals surface area contributed by atoms with Crippen LogP contribution in [0.1, 0.15) is 29.8 Å². The van der Waals surface area contributed by atoms with Gasteiger partial charge in [-0.05, 0) is 60.9 Å². The van der Waals surface area contributed by atoms with Crippen LogP contribution in [0, 0.1) is 0 Å². The summed E-state index contributed by atoms with van der Waals surface area (Å²) in [6, 6.07) is 17.1. The number of ether oxygens (including phenoxy) is 2. The molecule has 0 bridgehead atoms. The van der Waals surface area contributed by atoms with E-state index in [0.29, 0.717) is 36.8 Å². The van der Waals surface area contributed by atoms with Crippen molar-refractivity contribution in [1.29, 1.82) is 0 Å². The molecule has 1 aromatic heterocycles. The molecule has 5 heteroatoms. The number of nitrogens with one attached hydrogen (secondary N) is 1. The number of nitrogens with zero attached hydrogens (tertiary/aromatic N) is 1. The van der Waals surface area contributed by atoms with Crippen LogP contribution in [0.2, 0.25) is 0 Å². The lowest BCUT2D eigenvalue weighted by Crippen LogP contribution is -2.22. The molecule has 1 heterocycles. The SMILES string of the molecule is CCOc1ccc(CNC(=O)c2ccc(-c3cccnc3)cc2)cc1OCC. The number of pyridine rings is 1. The Morgan fingerprint density at radius 3 is 2.36 bits per heavy atom. The Kier molecular flexibility index (Phi) is 6.63. The Bertz CT molecular complexity index is 909. The summed E-state index contributed by atoms with van der Waals surface area (Å²) in [7, 11) is 0. The summed E-state index contributed by atoms with van der Waals surface area (Å²) in [6.07, 6.45) is 3.54. The lowest BCUT2D eigenvalue weighted by atomic mass is 10.1. The van der Waals surface area contributed by atoms with Gasteiger partial charge in [-0.2, -0.15) is 0 Å². The van der Waals surface area contributed by atoms with E-state index in [1.54, 1.807) is 12.4 Å². The minimum atomic E-state index is -0.121. The fourth-order valence-electron chi connectivity index (χ4n) is 2.84. The minimum Gasteiger partial charge on any atom is -0.490 e. The summed E-state index contributed by atoms with van der Waals surface area (Å²) in [4.78, 5) is 16.6. The summed E-state index contributed by atoms with van der Waals surface area (Å²) >= 11 is 0. The van der Waals surface area contributed by atoms with E-state index in [4.69, 9.17) is 9.47 Å². The molecule has 0 fully saturated rings. The van der Waals surface area contributed by atoms with Crippen molar-refractivity contribution in [3.8, 4) is 22.6 Å². The maximum absolute atomic E-state index is 12.5. The quantitative estimate of drug-likeness (QED) is 0.630. The van der Waals surface area contributed by atoms with Gasteiger partial charge in [-0.15, -0.1) is 0 Å². The molecule has 1 amide bonds. The lowest BCUT2D eigenvalue weighted by molar-refractivity contribution is 0.0951. The molecule has 0 aliphatic rings. The summed E-state index contributed by atoms with van der Waals surface area (Å²) < 4.78 is 11.2. The van der Waals surface area contributed by atoms with E-state index in [2.05, 4.69) is 10.3 Å². The van der Waals surface area contributed by atoms with Gasteiger partial charge in [0.05, 0.1) is 13.2 Å². The van der Waals surface area contributed by atoms with Crippen LogP contribution in [0.3, 0.4) is 0 Å². The highest BCUT2D eigenvalue weighted by molar-refractivity contribution is 5.94. The second-order valence-corrected chi connectivity index (χ2v) is 6.15. The van der Waals surface area contributed by atoms with Crippen molar-refractivity contribution in [3.05, 3.63) is 78.1 Å². The smallest absolute Gasteiger partial charge is 0.251 e. The van der Waals surface area contributed by atoms with Crippen LogP contribution in [0.15, 0.2) is 67.0 Å². The predicted octanol–water partition coefficient (Wildman–Crippen LogP) is 4.48. The van der Waals surface area contributed by atoms with Crippen LogP contribution >= 0.6 is 0 Å². The number of rotatable bonds is 8. The van der Waals surface area contributed by atoms with Crippen molar-refractivity contribution in [2.45, 2.75) is 20.4 Å². The standard InChI is InChI=1S/C23H24N2O3/c1-3-27-21-12-7-17(14-22(21)28-4-2)15-25-23(26)19-10-8-18(9-11-19)20-6-5-13-24-16-20/h5-14,16H,3-4,15H2,1-2H3,(H,25,26). The molecule has 0 saturated carbocycles. The topological polar surface area (TPSA) is 60.5 Å². The molecule has 3 aromatic rings. The largest absolute Gasteiger partial charge is 0.490 e. The van der Waals surface area contributed by atoms with Gasteiger partial charge in [0.15, 0.2) is 11.5 Å². The lowest BCUT2D eigenvalue weighted by Gasteiger charge is -2.13. The first-order chi connectivity index (χ1) is 13.7. The number of hydrogen-bond acceptors (Lipinski definition) is 4. The van der Waals surface area contributed by atoms with Gasteiger partial charge in [-0.25, -0.2) is 0 Å². The third kappa shape index (κ3) is 4.88. The average molecular weight is 376 g/mol. The van der Waals surface area contributed by atoms with Crippen molar-refractivity contribution < 1.29 is 14.3 Å². The van der Waals surface area contributed by atoms with Gasteiger partial charge in [-0.3, -0.25) is 9.78 Å². The molecule has 2 aromatic carbocycles. The van der Waals surface area contributed by atoms with Gasteiger partial charge < -0.3 is 14.8 Å². The molecule has 0 spiro atoms. The fraction of sp³-hybridized carbons (Fsp3) is 0.217. The summed E-state index contributed by atoms with van der Waals surface area (Å²) in [5.74, 6) is 1.28. The van der Waals surface area contributed by atoms with E-state index in [-0.39, 0.29) is 5.91 Å². The van der Waals surface area contributed by atoms with E-state index < -0.39 is 0 Å². The molecule has 0 atom stereocenters. The maximum atomic E-state index is 12.5. The third-order valence-corrected chi connectivity index (χ3v) is 4.20. The molecule has 0 unspecified atom stereocenters. The molecule has 1 N–H and O–H groups in total. The van der Waals surface area contributed by atoms with Crippen molar-refractivity contribution in [1.82, 2.24) is 10.3 Å². The van der Waals surface area contributed by atoms with Crippen LogP contribution in [0.5, 0.6) is 11.5 Å². The van der Waals surface area contributed by atoms with Gasteiger partial charge in [0, 0.05) is 24.5 Å².